The molecule has 2 atom stereocenters. The van der Waals surface area contributed by atoms with Gasteiger partial charge in [0, 0.05) is 6.42 Å². The molecule has 6 nitrogen and oxygen atoms in total. The Labute approximate surface area is 228 Å². The van der Waals surface area contributed by atoms with E-state index in [0.29, 0.717) is 6.42 Å². The van der Waals surface area contributed by atoms with Crippen molar-refractivity contribution in [1.82, 2.24) is 0 Å². The van der Waals surface area contributed by atoms with Gasteiger partial charge in [0.25, 0.3) is 8.32 Å². The van der Waals surface area contributed by atoms with Gasteiger partial charge in [0.15, 0.2) is 0 Å². The summed E-state index contributed by atoms with van der Waals surface area (Å²) in [5.74, 6) is -1.41. The minimum absolute atomic E-state index is 0.0385. The molecule has 2 aromatic carbocycles. The van der Waals surface area contributed by atoms with Crippen molar-refractivity contribution in [1.29, 1.82) is 0 Å². The summed E-state index contributed by atoms with van der Waals surface area (Å²) >= 11 is 0. The van der Waals surface area contributed by atoms with Gasteiger partial charge in [-0.05, 0) is 41.6 Å². The number of benzene rings is 2. The van der Waals surface area contributed by atoms with Gasteiger partial charge in [-0.2, -0.15) is 0 Å². The lowest BCUT2D eigenvalue weighted by atomic mass is 9.88. The molecule has 0 spiro atoms. The summed E-state index contributed by atoms with van der Waals surface area (Å²) in [7, 11) is -1.60. The highest BCUT2D eigenvalue weighted by molar-refractivity contribution is 6.99. The molecule has 1 unspecified atom stereocenters. The van der Waals surface area contributed by atoms with Gasteiger partial charge in [-0.3, -0.25) is 14.4 Å². The predicted molar refractivity (Wildman–Crippen MR) is 153 cm³/mol. The van der Waals surface area contributed by atoms with Gasteiger partial charge in [0.1, 0.15) is 12.2 Å². The molecule has 0 radical (unpaired) electrons. The first-order chi connectivity index (χ1) is 17.9. The summed E-state index contributed by atoms with van der Waals surface area (Å²) in [6, 6.07) is 20.4. The van der Waals surface area contributed by atoms with E-state index in [2.05, 4.69) is 51.6 Å². The number of allylic oxidation sites excluding steroid dienone is 1. The van der Waals surface area contributed by atoms with Crippen LogP contribution in [0.25, 0.3) is 0 Å². The van der Waals surface area contributed by atoms with Crippen molar-refractivity contribution in [2.75, 3.05) is 13.7 Å². The Morgan fingerprint density at radius 2 is 1.42 bits per heavy atom. The second kappa shape index (κ2) is 14.2. The van der Waals surface area contributed by atoms with Gasteiger partial charge in [0.05, 0.1) is 26.2 Å². The Morgan fingerprint density at radius 1 is 0.895 bits per heavy atom. The molecule has 0 aliphatic rings. The van der Waals surface area contributed by atoms with E-state index in [-0.39, 0.29) is 48.6 Å². The Bertz CT molecular complexity index is 1040. The zero-order chi connectivity index (χ0) is 28.3. The highest BCUT2D eigenvalue weighted by atomic mass is 28.4. The largest absolute Gasteiger partial charge is 0.469 e. The molecule has 0 aliphatic carbocycles. The third kappa shape index (κ3) is 8.23. The molecule has 7 heteroatoms. The first-order valence-electron chi connectivity index (χ1n) is 13.1. The summed E-state index contributed by atoms with van der Waals surface area (Å²) in [6.07, 6.45) is -0.267. The summed E-state index contributed by atoms with van der Waals surface area (Å²) in [4.78, 5) is 37.2. The molecule has 0 aliphatic heterocycles. The Balaban J connectivity index is 2.53. The second-order valence-corrected chi connectivity index (χ2v) is 14.9. The summed E-state index contributed by atoms with van der Waals surface area (Å²) in [5.41, 5.74) is 0.795. The molecule has 0 N–H and O–H groups in total. The average Bonchev–Trinajstić information content (AvgIpc) is 2.86. The van der Waals surface area contributed by atoms with E-state index >= 15 is 0 Å². The normalized spacial score (nSPS) is 13.3. The fraction of sp³-hybridized carbons (Fsp3) is 0.452. The van der Waals surface area contributed by atoms with E-state index in [0.717, 1.165) is 15.9 Å². The van der Waals surface area contributed by atoms with Crippen molar-refractivity contribution in [2.24, 2.45) is 5.92 Å². The minimum atomic E-state index is -2.97. The van der Waals surface area contributed by atoms with E-state index in [4.69, 9.17) is 13.9 Å². The van der Waals surface area contributed by atoms with Gasteiger partial charge in [-0.15, -0.1) is 0 Å². The van der Waals surface area contributed by atoms with Crippen molar-refractivity contribution in [3.05, 3.63) is 72.8 Å². The van der Waals surface area contributed by atoms with E-state index in [1.807, 2.05) is 43.3 Å². The fourth-order valence-electron chi connectivity index (χ4n) is 4.88. The number of carbonyl (C=O) groups excluding carboxylic acids is 3. The van der Waals surface area contributed by atoms with Gasteiger partial charge >= 0.3 is 11.9 Å². The maximum absolute atomic E-state index is 12.7. The van der Waals surface area contributed by atoms with Crippen LogP contribution in [0.3, 0.4) is 0 Å². The maximum Gasteiger partial charge on any atom is 0.313 e. The molecule has 0 aromatic heterocycles. The summed E-state index contributed by atoms with van der Waals surface area (Å²) in [6.45, 7) is 14.4. The van der Waals surface area contributed by atoms with Crippen LogP contribution in [0.2, 0.25) is 5.04 Å². The Morgan fingerprint density at radius 3 is 1.84 bits per heavy atom. The number of methoxy groups -OCH3 is 1. The molecule has 0 fully saturated rings. The molecule has 0 heterocycles. The Hall–Kier alpha value is -3.03. The highest BCUT2D eigenvalue weighted by Gasteiger charge is 2.51. The molecule has 0 saturated heterocycles. The maximum atomic E-state index is 12.7. The van der Waals surface area contributed by atoms with Crippen LogP contribution in [-0.4, -0.2) is 45.9 Å². The lowest BCUT2D eigenvalue weighted by Crippen LogP contribution is -2.67. The van der Waals surface area contributed by atoms with Gasteiger partial charge in [-0.25, -0.2) is 0 Å². The van der Waals surface area contributed by atoms with Crippen LogP contribution in [0.4, 0.5) is 0 Å². The first-order valence-corrected chi connectivity index (χ1v) is 15.0. The van der Waals surface area contributed by atoms with Crippen LogP contribution >= 0.6 is 0 Å². The topological polar surface area (TPSA) is 78.9 Å². The van der Waals surface area contributed by atoms with Crippen molar-refractivity contribution in [3.63, 3.8) is 0 Å². The number of ether oxygens (including phenoxy) is 2. The van der Waals surface area contributed by atoms with E-state index in [1.165, 1.54) is 7.11 Å². The quantitative estimate of drug-likeness (QED) is 0.146. The lowest BCUT2D eigenvalue weighted by molar-refractivity contribution is -0.145. The van der Waals surface area contributed by atoms with Gasteiger partial charge in [-0.1, -0.05) is 93.6 Å². The van der Waals surface area contributed by atoms with E-state index < -0.39 is 20.4 Å². The molecule has 0 amide bonds. The summed E-state index contributed by atoms with van der Waals surface area (Å²) in [5, 5.41) is 1.90. The fourth-order valence-corrected chi connectivity index (χ4v) is 9.57. The first kappa shape index (κ1) is 31.2. The lowest BCUT2D eigenvalue weighted by Gasteiger charge is -2.45. The molecule has 0 saturated carbocycles. The van der Waals surface area contributed by atoms with Crippen molar-refractivity contribution >= 4 is 36.4 Å². The van der Waals surface area contributed by atoms with E-state index in [1.54, 1.807) is 6.92 Å². The third-order valence-corrected chi connectivity index (χ3v) is 11.8. The number of esters is 2. The molecular formula is C31H42O6Si. The van der Waals surface area contributed by atoms with Crippen LogP contribution in [0.5, 0.6) is 0 Å². The number of Topliss-reactive ketones (excluding diaryl/α,β-unsaturated/α-hetero) is 1. The number of carbonyl (C=O) groups is 3. The number of hydrogen-bond donors (Lipinski definition) is 0. The third-order valence-electron chi connectivity index (χ3n) is 6.75. The van der Waals surface area contributed by atoms with E-state index in [9.17, 15) is 14.4 Å². The van der Waals surface area contributed by atoms with Crippen molar-refractivity contribution < 1.29 is 28.3 Å². The second-order valence-electron chi connectivity index (χ2n) is 10.7. The molecule has 38 heavy (non-hydrogen) atoms. The molecule has 206 valence electrons. The number of ketones is 1. The molecule has 2 rings (SSSR count). The van der Waals surface area contributed by atoms with Gasteiger partial charge < -0.3 is 13.9 Å². The average molecular weight is 539 g/mol. The highest BCUT2D eigenvalue weighted by Crippen LogP contribution is 2.39. The smallest absolute Gasteiger partial charge is 0.313 e. The van der Waals surface area contributed by atoms with Crippen molar-refractivity contribution in [2.45, 2.75) is 71.4 Å². The van der Waals surface area contributed by atoms with Crippen molar-refractivity contribution in [3.8, 4) is 0 Å². The zero-order valence-electron chi connectivity index (χ0n) is 23.6. The SMILES string of the molecule is C=C(C)C(CC(=O)CC(=O)OCC)C[C@@H](CC(=O)OC)O[Si](c1ccccc1)(c1ccccc1)C(C)(C)C. The zero-order valence-corrected chi connectivity index (χ0v) is 24.6. The monoisotopic (exact) mass is 538 g/mol. The van der Waals surface area contributed by atoms with Crippen LogP contribution in [-0.2, 0) is 28.3 Å². The van der Waals surface area contributed by atoms with Gasteiger partial charge in [0.2, 0.25) is 0 Å². The van der Waals surface area contributed by atoms with Crippen LogP contribution in [0.1, 0.15) is 60.3 Å². The standard InChI is InChI=1S/C31H42O6Si/c1-8-36-30(34)21-25(32)19-24(23(2)3)20-26(22-29(33)35-7)37-38(31(4,5)6,27-15-11-9-12-16-27)28-17-13-10-14-18-28/h9-18,24,26H,2,8,19-22H2,1,3-7H3/t24?,26-/m0/s1. The summed E-state index contributed by atoms with van der Waals surface area (Å²) < 4.78 is 17.2. The predicted octanol–water partition coefficient (Wildman–Crippen LogP) is 4.99. The molecule has 0 bridgehead atoms. The number of rotatable bonds is 14. The van der Waals surface area contributed by atoms with Crippen LogP contribution in [0, 0.1) is 5.92 Å². The minimum Gasteiger partial charge on any atom is -0.469 e. The van der Waals surface area contributed by atoms with Crippen LogP contribution in [0.15, 0.2) is 72.8 Å². The number of hydrogen-bond acceptors (Lipinski definition) is 6. The molecule has 2 aromatic rings. The van der Waals surface area contributed by atoms with Crippen LogP contribution < -0.4 is 10.4 Å². The Kier molecular flexibility index (Phi) is 11.7. The molecular weight excluding hydrogens is 496 g/mol.